The van der Waals surface area contributed by atoms with Crippen LogP contribution in [0, 0.1) is 6.92 Å². The summed E-state index contributed by atoms with van der Waals surface area (Å²) in [5.41, 5.74) is 5.96. The zero-order valence-electron chi connectivity index (χ0n) is 11.4. The summed E-state index contributed by atoms with van der Waals surface area (Å²) in [5, 5.41) is 5.38. The fraction of sp³-hybridized carbons (Fsp3) is 0.357. The lowest BCUT2D eigenvalue weighted by Gasteiger charge is -2.17. The summed E-state index contributed by atoms with van der Waals surface area (Å²) in [6.07, 6.45) is 2.39. The van der Waals surface area contributed by atoms with Gasteiger partial charge in [0.1, 0.15) is 5.69 Å². The molecule has 1 aliphatic rings. The summed E-state index contributed by atoms with van der Waals surface area (Å²) in [4.78, 5) is 12.0. The Bertz CT molecular complexity index is 643. The van der Waals surface area contributed by atoms with Crippen molar-refractivity contribution in [2.45, 2.75) is 19.8 Å². The van der Waals surface area contributed by atoms with E-state index in [9.17, 15) is 4.79 Å². The second-order valence-electron chi connectivity index (χ2n) is 4.99. The first-order valence-electron chi connectivity index (χ1n) is 6.80. The molecule has 2 aromatic rings. The number of nitrogens with zero attached hydrogens (tertiary/aromatic N) is 1. The van der Waals surface area contributed by atoms with Crippen molar-refractivity contribution in [3.63, 3.8) is 0 Å². The number of hydrazine groups is 1. The second-order valence-corrected chi connectivity index (χ2v) is 5.77. The number of anilines is 3. The highest BCUT2D eigenvalue weighted by Crippen LogP contribution is 2.25. The predicted molar refractivity (Wildman–Crippen MR) is 83.8 cm³/mol. The summed E-state index contributed by atoms with van der Waals surface area (Å²) in [6, 6.07) is 7.95. The van der Waals surface area contributed by atoms with Crippen LogP contribution in [0.25, 0.3) is 0 Å². The van der Waals surface area contributed by atoms with Crippen LogP contribution in [0.2, 0.25) is 0 Å². The molecule has 0 unspecified atom stereocenters. The number of rotatable bonds is 4. The topological polar surface area (TPSA) is 60.2 Å². The number of H-pyrrole nitrogens is 1. The lowest BCUT2D eigenvalue weighted by molar-refractivity contribution is 0.409. The Morgan fingerprint density at radius 2 is 2.00 bits per heavy atom. The minimum atomic E-state index is 0.00921. The molecule has 0 radical (unpaired) electrons. The summed E-state index contributed by atoms with van der Waals surface area (Å²) in [6.45, 7) is 4.06. The molecule has 1 aromatic heterocycles. The molecule has 0 atom stereocenters. The van der Waals surface area contributed by atoms with E-state index in [1.54, 1.807) is 0 Å². The smallest absolute Gasteiger partial charge is 0.275 e. The minimum absolute atomic E-state index is 0.00921. The van der Waals surface area contributed by atoms with E-state index in [2.05, 4.69) is 20.1 Å². The van der Waals surface area contributed by atoms with Gasteiger partial charge in [-0.15, -0.1) is 0 Å². The molecule has 20 heavy (non-hydrogen) atoms. The van der Waals surface area contributed by atoms with Crippen LogP contribution in [0.5, 0.6) is 0 Å². The van der Waals surface area contributed by atoms with Gasteiger partial charge in [0.25, 0.3) is 4.74 Å². The first kappa shape index (κ1) is 13.2. The van der Waals surface area contributed by atoms with Crippen LogP contribution >= 0.6 is 11.5 Å². The van der Waals surface area contributed by atoms with Crippen molar-refractivity contribution < 1.29 is 0 Å². The monoisotopic (exact) mass is 290 g/mol. The fourth-order valence-electron chi connectivity index (χ4n) is 2.33. The quantitative estimate of drug-likeness (QED) is 0.810. The highest BCUT2D eigenvalue weighted by molar-refractivity contribution is 7.04. The molecule has 0 aliphatic carbocycles. The number of aromatic nitrogens is 1. The van der Waals surface area contributed by atoms with Gasteiger partial charge in [0.05, 0.1) is 0 Å². The van der Waals surface area contributed by atoms with Crippen LogP contribution in [-0.4, -0.2) is 22.5 Å². The Hall–Kier alpha value is -1.79. The van der Waals surface area contributed by atoms with Gasteiger partial charge in [0, 0.05) is 18.8 Å². The third kappa shape index (κ3) is 2.71. The predicted octanol–water partition coefficient (Wildman–Crippen LogP) is 2.91. The Morgan fingerprint density at radius 3 is 2.75 bits per heavy atom. The van der Waals surface area contributed by atoms with Crippen LogP contribution in [0.1, 0.15) is 18.4 Å². The van der Waals surface area contributed by atoms with Crippen molar-refractivity contribution >= 4 is 28.7 Å². The molecule has 1 aliphatic heterocycles. The number of hydrogen-bond acceptors (Lipinski definition) is 5. The third-order valence-corrected chi connectivity index (χ3v) is 4.18. The molecule has 2 heterocycles. The largest absolute Gasteiger partial charge is 0.348 e. The normalized spacial score (nSPS) is 15.4. The van der Waals surface area contributed by atoms with Crippen molar-refractivity contribution in [1.82, 2.24) is 9.38 Å². The van der Waals surface area contributed by atoms with E-state index < -0.39 is 0 Å². The van der Waals surface area contributed by atoms with E-state index in [0.717, 1.165) is 41.7 Å². The van der Waals surface area contributed by atoms with Crippen molar-refractivity contribution in [1.29, 1.82) is 0 Å². The summed E-state index contributed by atoms with van der Waals surface area (Å²) in [7, 11) is 0. The van der Waals surface area contributed by atoms with E-state index in [0.29, 0.717) is 5.69 Å². The molecule has 1 aromatic carbocycles. The number of benzene rings is 1. The van der Waals surface area contributed by atoms with Gasteiger partial charge >= 0.3 is 0 Å². The van der Waals surface area contributed by atoms with Gasteiger partial charge in [-0.25, -0.2) is 5.01 Å². The number of aromatic amines is 1. The number of aryl methyl sites for hydroxylation is 1. The molecule has 5 nitrogen and oxygen atoms in total. The SMILES string of the molecule is Cc1ccccc1Nc1c(NN2CCCC2)[nH]sc1=O. The lowest BCUT2D eigenvalue weighted by Crippen LogP contribution is -2.27. The molecule has 3 N–H and O–H groups in total. The maximum atomic E-state index is 12.0. The van der Waals surface area contributed by atoms with E-state index in [1.807, 2.05) is 31.2 Å². The molecule has 0 spiro atoms. The van der Waals surface area contributed by atoms with Gasteiger partial charge < -0.3 is 10.7 Å². The van der Waals surface area contributed by atoms with Crippen molar-refractivity contribution in [2.24, 2.45) is 0 Å². The maximum Gasteiger partial charge on any atom is 0.275 e. The van der Waals surface area contributed by atoms with Crippen LogP contribution in [0.15, 0.2) is 29.1 Å². The third-order valence-electron chi connectivity index (χ3n) is 3.48. The molecule has 1 fully saturated rings. The van der Waals surface area contributed by atoms with Gasteiger partial charge in [-0.2, -0.15) is 0 Å². The van der Waals surface area contributed by atoms with Gasteiger partial charge in [0.15, 0.2) is 5.82 Å². The van der Waals surface area contributed by atoms with E-state index in [4.69, 9.17) is 0 Å². The van der Waals surface area contributed by atoms with Crippen molar-refractivity contribution in [3.05, 3.63) is 39.4 Å². The first-order valence-corrected chi connectivity index (χ1v) is 7.61. The number of nitrogens with one attached hydrogen (secondary N) is 3. The zero-order valence-corrected chi connectivity index (χ0v) is 12.2. The van der Waals surface area contributed by atoms with Gasteiger partial charge in [-0.05, 0) is 42.9 Å². The molecule has 0 saturated carbocycles. The Labute approximate surface area is 121 Å². The average Bonchev–Trinajstić information content (AvgIpc) is 3.06. The van der Waals surface area contributed by atoms with E-state index in [-0.39, 0.29) is 4.74 Å². The highest BCUT2D eigenvalue weighted by Gasteiger charge is 2.16. The van der Waals surface area contributed by atoms with Crippen molar-refractivity contribution in [2.75, 3.05) is 23.8 Å². The standard InChI is InChI=1S/C14H18N4OS/c1-10-6-2-3-7-11(10)15-12-13(17-20-14(12)19)16-18-8-4-5-9-18/h2-3,6-7,15-17H,4-5,8-9H2,1H3. The van der Waals surface area contributed by atoms with Crippen LogP contribution in [-0.2, 0) is 0 Å². The van der Waals surface area contributed by atoms with E-state index >= 15 is 0 Å². The molecule has 1 saturated heterocycles. The molecular weight excluding hydrogens is 272 g/mol. The molecule has 3 rings (SSSR count). The first-order chi connectivity index (χ1) is 9.74. The molecule has 106 valence electrons. The fourth-order valence-corrected chi connectivity index (χ4v) is 2.93. The van der Waals surface area contributed by atoms with Crippen LogP contribution in [0.4, 0.5) is 17.2 Å². The highest BCUT2D eigenvalue weighted by atomic mass is 32.1. The summed E-state index contributed by atoms with van der Waals surface area (Å²) in [5.74, 6) is 0.755. The Kier molecular flexibility index (Phi) is 3.75. The summed E-state index contributed by atoms with van der Waals surface area (Å²) < 4.78 is 3.06. The van der Waals surface area contributed by atoms with Gasteiger partial charge in [0.2, 0.25) is 0 Å². The minimum Gasteiger partial charge on any atom is -0.348 e. The zero-order chi connectivity index (χ0) is 13.9. The molecule has 6 heteroatoms. The van der Waals surface area contributed by atoms with Gasteiger partial charge in [-0.3, -0.25) is 9.17 Å². The maximum absolute atomic E-state index is 12.0. The average molecular weight is 290 g/mol. The Balaban J connectivity index is 1.83. The van der Waals surface area contributed by atoms with Crippen molar-refractivity contribution in [3.8, 4) is 0 Å². The van der Waals surface area contributed by atoms with Gasteiger partial charge in [-0.1, -0.05) is 18.2 Å². The van der Waals surface area contributed by atoms with Crippen LogP contribution < -0.4 is 15.5 Å². The molecule has 0 amide bonds. The molecular formula is C14H18N4OS. The van der Waals surface area contributed by atoms with Crippen LogP contribution in [0.3, 0.4) is 0 Å². The molecule has 0 bridgehead atoms. The number of para-hydroxylation sites is 1. The lowest BCUT2D eigenvalue weighted by atomic mass is 10.2. The second kappa shape index (κ2) is 5.68. The van der Waals surface area contributed by atoms with E-state index in [1.165, 1.54) is 12.8 Å². The summed E-state index contributed by atoms with van der Waals surface area (Å²) >= 11 is 1.11. The number of hydrogen-bond donors (Lipinski definition) is 3. The Morgan fingerprint density at radius 1 is 1.25 bits per heavy atom.